The van der Waals surface area contributed by atoms with Crippen LogP contribution in [0.5, 0.6) is 5.88 Å². The molecule has 0 amide bonds. The van der Waals surface area contributed by atoms with Crippen LogP contribution in [0.1, 0.15) is 45.6 Å². The molecule has 2 rings (SSSR count). The van der Waals surface area contributed by atoms with E-state index >= 15 is 0 Å². The second-order valence-corrected chi connectivity index (χ2v) is 6.60. The molecule has 1 N–H and O–H groups in total. The number of pyridine rings is 1. The van der Waals surface area contributed by atoms with Gasteiger partial charge in [-0.1, -0.05) is 27.2 Å². The van der Waals surface area contributed by atoms with Gasteiger partial charge in [-0.25, -0.2) is 9.37 Å². The Kier molecular flexibility index (Phi) is 5.57. The maximum Gasteiger partial charge on any atom is 0.250 e. The Hall–Kier alpha value is -1.16. The van der Waals surface area contributed by atoms with Gasteiger partial charge in [0, 0.05) is 18.3 Å². The summed E-state index contributed by atoms with van der Waals surface area (Å²) in [6.45, 7) is 7.17. The average Bonchev–Trinajstić information content (AvgIpc) is 2.43. The van der Waals surface area contributed by atoms with Crippen molar-refractivity contribution in [3.05, 3.63) is 23.6 Å². The number of nitrogens with one attached hydrogen (secondary N) is 1. The van der Waals surface area contributed by atoms with Gasteiger partial charge in [0.05, 0.1) is 0 Å². The number of ether oxygens (including phenoxy) is 1. The van der Waals surface area contributed by atoms with E-state index in [2.05, 4.69) is 31.1 Å². The lowest BCUT2D eigenvalue weighted by molar-refractivity contribution is 0.0393. The number of halogens is 1. The van der Waals surface area contributed by atoms with Gasteiger partial charge in [-0.15, -0.1) is 0 Å². The Bertz CT molecular complexity index is 464. The van der Waals surface area contributed by atoms with Gasteiger partial charge in [-0.3, -0.25) is 0 Å². The van der Waals surface area contributed by atoms with Crippen LogP contribution in [0.4, 0.5) is 4.39 Å². The Balaban J connectivity index is 2.16. The van der Waals surface area contributed by atoms with Crippen molar-refractivity contribution in [2.45, 2.75) is 52.7 Å². The second-order valence-electron chi connectivity index (χ2n) is 6.60. The van der Waals surface area contributed by atoms with Crippen LogP contribution >= 0.6 is 0 Å². The highest BCUT2D eigenvalue weighted by molar-refractivity contribution is 5.23. The van der Waals surface area contributed by atoms with Crippen molar-refractivity contribution in [2.75, 3.05) is 7.05 Å². The minimum atomic E-state index is -0.326. The molecule has 1 heterocycles. The SMILES string of the molecule is CNCc1ccnc(OC2CC(C)CCC2C(C)C)c1F. The summed E-state index contributed by atoms with van der Waals surface area (Å²) in [5, 5.41) is 2.97. The first kappa shape index (κ1) is 16.2. The van der Waals surface area contributed by atoms with Gasteiger partial charge in [0.15, 0.2) is 5.82 Å². The third-order valence-electron chi connectivity index (χ3n) is 4.53. The third-order valence-corrected chi connectivity index (χ3v) is 4.53. The van der Waals surface area contributed by atoms with E-state index in [9.17, 15) is 4.39 Å². The lowest BCUT2D eigenvalue weighted by Gasteiger charge is -2.37. The minimum Gasteiger partial charge on any atom is -0.472 e. The van der Waals surface area contributed by atoms with Gasteiger partial charge in [0.1, 0.15) is 6.10 Å². The van der Waals surface area contributed by atoms with Crippen LogP contribution < -0.4 is 10.1 Å². The van der Waals surface area contributed by atoms with Crippen molar-refractivity contribution >= 4 is 0 Å². The standard InChI is InChI=1S/C17H27FN2O/c1-11(2)14-6-5-12(3)9-15(14)21-17-16(18)13(10-19-4)7-8-20-17/h7-8,11-12,14-15,19H,5-6,9-10H2,1-4H3. The van der Waals surface area contributed by atoms with Crippen LogP contribution in [0, 0.1) is 23.6 Å². The topological polar surface area (TPSA) is 34.2 Å². The first-order valence-electron chi connectivity index (χ1n) is 7.97. The number of rotatable bonds is 5. The number of hydrogen-bond donors (Lipinski definition) is 1. The van der Waals surface area contributed by atoms with E-state index in [1.54, 1.807) is 19.3 Å². The van der Waals surface area contributed by atoms with E-state index in [1.165, 1.54) is 6.42 Å². The first-order chi connectivity index (χ1) is 10.0. The highest BCUT2D eigenvalue weighted by Crippen LogP contribution is 2.36. The summed E-state index contributed by atoms with van der Waals surface area (Å²) >= 11 is 0. The monoisotopic (exact) mass is 294 g/mol. The molecular formula is C17H27FN2O. The summed E-state index contributed by atoms with van der Waals surface area (Å²) in [5.74, 6) is 1.50. The van der Waals surface area contributed by atoms with E-state index in [-0.39, 0.29) is 17.8 Å². The summed E-state index contributed by atoms with van der Waals surface area (Å²) in [6, 6.07) is 1.70. The van der Waals surface area contributed by atoms with E-state index in [1.807, 2.05) is 0 Å². The Morgan fingerprint density at radius 1 is 1.43 bits per heavy atom. The Labute approximate surface area is 127 Å². The van der Waals surface area contributed by atoms with Gasteiger partial charge in [-0.2, -0.15) is 0 Å². The molecule has 3 unspecified atom stereocenters. The molecular weight excluding hydrogens is 267 g/mol. The van der Waals surface area contributed by atoms with Crippen molar-refractivity contribution < 1.29 is 9.13 Å². The molecule has 3 nitrogen and oxygen atoms in total. The zero-order valence-electron chi connectivity index (χ0n) is 13.5. The normalized spacial score (nSPS) is 26.1. The minimum absolute atomic E-state index is 0.0700. The van der Waals surface area contributed by atoms with Crippen molar-refractivity contribution in [3.8, 4) is 5.88 Å². The number of aromatic nitrogens is 1. The lowest BCUT2D eigenvalue weighted by atomic mass is 9.75. The molecule has 1 saturated carbocycles. The molecule has 1 aliphatic carbocycles. The maximum absolute atomic E-state index is 14.4. The zero-order valence-corrected chi connectivity index (χ0v) is 13.5. The molecule has 0 radical (unpaired) electrons. The molecule has 3 atom stereocenters. The highest BCUT2D eigenvalue weighted by atomic mass is 19.1. The molecule has 1 fully saturated rings. The molecule has 1 aromatic heterocycles. The number of nitrogens with zero attached hydrogens (tertiary/aromatic N) is 1. The van der Waals surface area contributed by atoms with Gasteiger partial charge in [0.2, 0.25) is 0 Å². The fourth-order valence-electron chi connectivity index (χ4n) is 3.26. The zero-order chi connectivity index (χ0) is 15.4. The molecule has 0 saturated heterocycles. The van der Waals surface area contributed by atoms with E-state index < -0.39 is 0 Å². The van der Waals surface area contributed by atoms with Gasteiger partial charge in [-0.05, 0) is 43.7 Å². The summed E-state index contributed by atoms with van der Waals surface area (Å²) in [4.78, 5) is 4.11. The van der Waals surface area contributed by atoms with Crippen LogP contribution in [0.25, 0.3) is 0 Å². The van der Waals surface area contributed by atoms with Crippen LogP contribution in [0.2, 0.25) is 0 Å². The van der Waals surface area contributed by atoms with Crippen LogP contribution in [0.15, 0.2) is 12.3 Å². The Morgan fingerprint density at radius 3 is 2.86 bits per heavy atom. The summed E-state index contributed by atoms with van der Waals surface area (Å²) in [7, 11) is 1.80. The predicted octanol–water partition coefficient (Wildman–Crippen LogP) is 3.78. The Morgan fingerprint density at radius 2 is 2.19 bits per heavy atom. The second kappa shape index (κ2) is 7.21. The predicted molar refractivity (Wildman–Crippen MR) is 82.7 cm³/mol. The largest absolute Gasteiger partial charge is 0.472 e. The van der Waals surface area contributed by atoms with Crippen molar-refractivity contribution in [2.24, 2.45) is 17.8 Å². The quantitative estimate of drug-likeness (QED) is 0.897. The van der Waals surface area contributed by atoms with Gasteiger partial charge in [0.25, 0.3) is 5.88 Å². The lowest BCUT2D eigenvalue weighted by Crippen LogP contribution is -2.36. The summed E-state index contributed by atoms with van der Waals surface area (Å²) in [6.07, 6.45) is 5.07. The van der Waals surface area contributed by atoms with E-state index in [4.69, 9.17) is 4.74 Å². The molecule has 118 valence electrons. The van der Waals surface area contributed by atoms with Crippen LogP contribution in [-0.4, -0.2) is 18.1 Å². The maximum atomic E-state index is 14.4. The average molecular weight is 294 g/mol. The van der Waals surface area contributed by atoms with Crippen LogP contribution in [0.3, 0.4) is 0 Å². The number of hydrogen-bond acceptors (Lipinski definition) is 3. The smallest absolute Gasteiger partial charge is 0.250 e. The molecule has 4 heteroatoms. The summed E-state index contributed by atoms with van der Waals surface area (Å²) < 4.78 is 20.4. The van der Waals surface area contributed by atoms with Crippen LogP contribution in [-0.2, 0) is 6.54 Å². The fraction of sp³-hybridized carbons (Fsp3) is 0.706. The first-order valence-corrected chi connectivity index (χ1v) is 7.97. The van der Waals surface area contributed by atoms with Gasteiger partial charge >= 0.3 is 0 Å². The third kappa shape index (κ3) is 3.94. The van der Waals surface area contributed by atoms with Crippen molar-refractivity contribution in [3.63, 3.8) is 0 Å². The highest BCUT2D eigenvalue weighted by Gasteiger charge is 2.33. The molecule has 1 aliphatic rings. The van der Waals surface area contributed by atoms with E-state index in [0.29, 0.717) is 29.9 Å². The molecule has 21 heavy (non-hydrogen) atoms. The molecule has 0 aliphatic heterocycles. The van der Waals surface area contributed by atoms with Crippen molar-refractivity contribution in [1.82, 2.24) is 10.3 Å². The molecule has 1 aromatic rings. The van der Waals surface area contributed by atoms with Gasteiger partial charge < -0.3 is 10.1 Å². The van der Waals surface area contributed by atoms with E-state index in [0.717, 1.165) is 12.8 Å². The molecule has 0 spiro atoms. The molecule has 0 aromatic carbocycles. The summed E-state index contributed by atoms with van der Waals surface area (Å²) in [5.41, 5.74) is 0.604. The molecule has 0 bridgehead atoms. The fourth-order valence-corrected chi connectivity index (χ4v) is 3.26. The van der Waals surface area contributed by atoms with Crippen molar-refractivity contribution in [1.29, 1.82) is 0 Å².